The van der Waals surface area contributed by atoms with Crippen molar-refractivity contribution < 1.29 is 39.2 Å². The molecule has 0 aromatic rings. The summed E-state index contributed by atoms with van der Waals surface area (Å²) < 4.78 is 9.79. The molecule has 2 atom stereocenters. The van der Waals surface area contributed by atoms with Crippen molar-refractivity contribution in [3.63, 3.8) is 0 Å². The standard InChI is InChI=1S/C14H22O8/c1-9(2)14(20)21-7-6-11(10(16)8-15)22-13(19)5-3-4-12(17)18/h10-11,15-16H,1,3-8H2,2H3,(H,17,18). The molecule has 0 spiro atoms. The van der Waals surface area contributed by atoms with E-state index >= 15 is 0 Å². The van der Waals surface area contributed by atoms with Gasteiger partial charge in [-0.05, 0) is 13.3 Å². The molecule has 0 heterocycles. The molecule has 0 saturated carbocycles. The van der Waals surface area contributed by atoms with Crippen LogP contribution in [-0.4, -0.2) is 58.6 Å². The van der Waals surface area contributed by atoms with E-state index in [1.54, 1.807) is 0 Å². The molecule has 126 valence electrons. The number of aliphatic carboxylic acids is 1. The van der Waals surface area contributed by atoms with Crippen molar-refractivity contribution in [2.75, 3.05) is 13.2 Å². The first kappa shape index (κ1) is 20.1. The lowest BCUT2D eigenvalue weighted by atomic mass is 10.1. The predicted molar refractivity (Wildman–Crippen MR) is 74.8 cm³/mol. The van der Waals surface area contributed by atoms with Crippen LogP contribution in [0.2, 0.25) is 0 Å². The fourth-order valence-electron chi connectivity index (χ4n) is 1.45. The monoisotopic (exact) mass is 318 g/mol. The van der Waals surface area contributed by atoms with Gasteiger partial charge in [0.2, 0.25) is 0 Å². The largest absolute Gasteiger partial charge is 0.481 e. The number of hydrogen-bond acceptors (Lipinski definition) is 7. The Balaban J connectivity index is 4.28. The second-order valence-corrected chi connectivity index (χ2v) is 4.73. The van der Waals surface area contributed by atoms with E-state index in [2.05, 4.69) is 6.58 Å². The SMILES string of the molecule is C=C(C)C(=O)OCCC(OC(=O)CCCC(=O)O)C(O)CO. The number of carboxylic acids is 1. The maximum atomic E-state index is 11.5. The highest BCUT2D eigenvalue weighted by molar-refractivity contribution is 5.86. The van der Waals surface area contributed by atoms with Gasteiger partial charge in [0.25, 0.3) is 0 Å². The van der Waals surface area contributed by atoms with Crippen LogP contribution in [0, 0.1) is 0 Å². The van der Waals surface area contributed by atoms with Crippen LogP contribution in [0.15, 0.2) is 12.2 Å². The minimum Gasteiger partial charge on any atom is -0.481 e. The van der Waals surface area contributed by atoms with Gasteiger partial charge < -0.3 is 24.8 Å². The van der Waals surface area contributed by atoms with Gasteiger partial charge in [0.05, 0.1) is 13.2 Å². The van der Waals surface area contributed by atoms with Crippen LogP contribution >= 0.6 is 0 Å². The van der Waals surface area contributed by atoms with E-state index in [0.29, 0.717) is 0 Å². The number of hydrogen-bond donors (Lipinski definition) is 3. The molecule has 0 saturated heterocycles. The Morgan fingerprint density at radius 3 is 2.36 bits per heavy atom. The summed E-state index contributed by atoms with van der Waals surface area (Å²) in [5.74, 6) is -2.32. The summed E-state index contributed by atoms with van der Waals surface area (Å²) in [6.07, 6.45) is -2.52. The molecule has 8 nitrogen and oxygen atoms in total. The van der Waals surface area contributed by atoms with Crippen molar-refractivity contribution in [2.24, 2.45) is 0 Å². The third-order valence-electron chi connectivity index (χ3n) is 2.65. The van der Waals surface area contributed by atoms with Gasteiger partial charge in [-0.15, -0.1) is 0 Å². The lowest BCUT2D eigenvalue weighted by Crippen LogP contribution is -2.35. The van der Waals surface area contributed by atoms with Gasteiger partial charge in [0.15, 0.2) is 0 Å². The van der Waals surface area contributed by atoms with Crippen molar-refractivity contribution in [2.45, 2.75) is 44.8 Å². The molecule has 2 unspecified atom stereocenters. The van der Waals surface area contributed by atoms with Crippen LogP contribution in [0.1, 0.15) is 32.6 Å². The van der Waals surface area contributed by atoms with Crippen LogP contribution < -0.4 is 0 Å². The molecule has 0 amide bonds. The summed E-state index contributed by atoms with van der Waals surface area (Å²) in [6.45, 7) is 4.14. The van der Waals surface area contributed by atoms with Gasteiger partial charge in [-0.2, -0.15) is 0 Å². The number of aliphatic hydroxyl groups is 2. The van der Waals surface area contributed by atoms with Crippen molar-refractivity contribution >= 4 is 17.9 Å². The lowest BCUT2D eigenvalue weighted by Gasteiger charge is -2.21. The average Bonchev–Trinajstić information content (AvgIpc) is 2.44. The minimum absolute atomic E-state index is 0.00537. The molecule has 22 heavy (non-hydrogen) atoms. The summed E-state index contributed by atoms with van der Waals surface area (Å²) >= 11 is 0. The molecule has 3 N–H and O–H groups in total. The van der Waals surface area contributed by atoms with Crippen molar-refractivity contribution in [1.29, 1.82) is 0 Å². The summed E-state index contributed by atoms with van der Waals surface area (Å²) in [6, 6.07) is 0. The number of carbonyl (C=O) groups excluding carboxylic acids is 2. The fraction of sp³-hybridized carbons (Fsp3) is 0.643. The maximum Gasteiger partial charge on any atom is 0.333 e. The van der Waals surface area contributed by atoms with Crippen molar-refractivity contribution in [3.8, 4) is 0 Å². The Morgan fingerprint density at radius 2 is 1.86 bits per heavy atom. The second kappa shape index (κ2) is 10.7. The van der Waals surface area contributed by atoms with E-state index in [0.717, 1.165) is 0 Å². The molecule has 0 aliphatic rings. The normalized spacial score (nSPS) is 13.0. The maximum absolute atomic E-state index is 11.5. The number of carboxylic acid groups (broad SMARTS) is 1. The average molecular weight is 318 g/mol. The van der Waals surface area contributed by atoms with Crippen LogP contribution in [0.5, 0.6) is 0 Å². The molecular formula is C14H22O8. The summed E-state index contributed by atoms with van der Waals surface area (Å²) in [4.78, 5) is 33.1. The topological polar surface area (TPSA) is 130 Å². The quantitative estimate of drug-likeness (QED) is 0.359. The number of ether oxygens (including phenoxy) is 2. The van der Waals surface area contributed by atoms with Crippen LogP contribution in [0.25, 0.3) is 0 Å². The Hall–Kier alpha value is -1.93. The predicted octanol–water partition coefficient (Wildman–Crippen LogP) is 0.0157. The summed E-state index contributed by atoms with van der Waals surface area (Å²) in [7, 11) is 0. The highest BCUT2D eigenvalue weighted by Crippen LogP contribution is 2.09. The van der Waals surface area contributed by atoms with Gasteiger partial charge in [-0.25, -0.2) is 4.79 Å². The van der Waals surface area contributed by atoms with Gasteiger partial charge in [0, 0.05) is 24.8 Å². The second-order valence-electron chi connectivity index (χ2n) is 4.73. The molecule has 0 aromatic carbocycles. The van der Waals surface area contributed by atoms with Crippen LogP contribution in [0.3, 0.4) is 0 Å². The zero-order valence-corrected chi connectivity index (χ0v) is 12.5. The van der Waals surface area contributed by atoms with Crippen LogP contribution in [-0.2, 0) is 23.9 Å². The van der Waals surface area contributed by atoms with Gasteiger partial charge >= 0.3 is 17.9 Å². The van der Waals surface area contributed by atoms with Crippen molar-refractivity contribution in [3.05, 3.63) is 12.2 Å². The molecule has 0 aliphatic carbocycles. The first-order valence-electron chi connectivity index (χ1n) is 6.80. The van der Waals surface area contributed by atoms with E-state index in [4.69, 9.17) is 19.7 Å². The number of carbonyl (C=O) groups is 3. The number of rotatable bonds is 11. The Labute approximate surface area is 128 Å². The third kappa shape index (κ3) is 9.09. The highest BCUT2D eigenvalue weighted by Gasteiger charge is 2.23. The smallest absolute Gasteiger partial charge is 0.333 e. The molecule has 8 heteroatoms. The first-order valence-corrected chi connectivity index (χ1v) is 6.80. The summed E-state index contributed by atoms with van der Waals surface area (Å²) in [5, 5.41) is 27.0. The Morgan fingerprint density at radius 1 is 1.23 bits per heavy atom. The zero-order valence-electron chi connectivity index (χ0n) is 12.5. The van der Waals surface area contributed by atoms with E-state index < -0.39 is 36.7 Å². The molecule has 0 radical (unpaired) electrons. The van der Waals surface area contributed by atoms with Crippen LogP contribution in [0.4, 0.5) is 0 Å². The molecule has 0 fully saturated rings. The molecule has 0 rings (SSSR count). The molecule has 0 aliphatic heterocycles. The first-order chi connectivity index (χ1) is 10.3. The molecule has 0 bridgehead atoms. The number of aliphatic hydroxyl groups excluding tert-OH is 2. The fourth-order valence-corrected chi connectivity index (χ4v) is 1.45. The summed E-state index contributed by atoms with van der Waals surface area (Å²) in [5.41, 5.74) is 0.213. The van der Waals surface area contributed by atoms with E-state index in [1.165, 1.54) is 6.92 Å². The van der Waals surface area contributed by atoms with E-state index in [1.807, 2.05) is 0 Å². The molecule has 0 aromatic heterocycles. The van der Waals surface area contributed by atoms with Crippen molar-refractivity contribution in [1.82, 2.24) is 0 Å². The Bertz CT molecular complexity index is 404. The van der Waals surface area contributed by atoms with E-state index in [9.17, 15) is 19.5 Å². The highest BCUT2D eigenvalue weighted by atomic mass is 16.6. The van der Waals surface area contributed by atoms with Gasteiger partial charge in [-0.1, -0.05) is 6.58 Å². The van der Waals surface area contributed by atoms with Gasteiger partial charge in [0.1, 0.15) is 12.2 Å². The minimum atomic E-state index is -1.31. The number of esters is 2. The van der Waals surface area contributed by atoms with Gasteiger partial charge in [-0.3, -0.25) is 9.59 Å². The third-order valence-corrected chi connectivity index (χ3v) is 2.65. The zero-order chi connectivity index (χ0) is 17.1. The van der Waals surface area contributed by atoms with E-state index in [-0.39, 0.29) is 37.9 Å². The lowest BCUT2D eigenvalue weighted by molar-refractivity contribution is -0.158. The Kier molecular flexibility index (Phi) is 9.80. The molecular weight excluding hydrogens is 296 g/mol.